The molecule has 3 nitrogen and oxygen atoms in total. The summed E-state index contributed by atoms with van der Waals surface area (Å²) < 4.78 is 0. The van der Waals surface area contributed by atoms with Gasteiger partial charge in [0.05, 0.1) is 23.5 Å². The van der Waals surface area contributed by atoms with Gasteiger partial charge >= 0.3 is 0 Å². The first-order valence-electron chi connectivity index (χ1n) is 3.91. The third kappa shape index (κ3) is 1.55. The van der Waals surface area contributed by atoms with Gasteiger partial charge in [-0.3, -0.25) is 10.1 Å². The number of rotatable bonds is 2. The molecule has 2 aromatic heterocycles. The molecule has 0 unspecified atom stereocenters. The van der Waals surface area contributed by atoms with E-state index in [0.29, 0.717) is 5.88 Å². The Kier molecular flexibility index (Phi) is 2.27. The number of halogens is 1. The number of H-pyrrole nitrogens is 1. The van der Waals surface area contributed by atoms with Crippen molar-refractivity contribution in [2.24, 2.45) is 0 Å². The molecule has 2 heterocycles. The average molecular weight is 194 g/mol. The summed E-state index contributed by atoms with van der Waals surface area (Å²) in [5.74, 6) is 0.447. The third-order valence-corrected chi connectivity index (χ3v) is 2.07. The van der Waals surface area contributed by atoms with Crippen LogP contribution < -0.4 is 0 Å². The van der Waals surface area contributed by atoms with Crippen molar-refractivity contribution in [3.8, 4) is 11.4 Å². The summed E-state index contributed by atoms with van der Waals surface area (Å²) >= 11 is 5.74. The lowest BCUT2D eigenvalue weighted by molar-refractivity contribution is 1.09. The first-order chi connectivity index (χ1) is 6.42. The van der Waals surface area contributed by atoms with Crippen LogP contribution in [0.4, 0.5) is 0 Å². The van der Waals surface area contributed by atoms with Crippen molar-refractivity contribution >= 4 is 11.6 Å². The Morgan fingerprint density at radius 3 is 3.00 bits per heavy atom. The van der Waals surface area contributed by atoms with Gasteiger partial charge in [0.1, 0.15) is 0 Å². The maximum Gasteiger partial charge on any atom is 0.0883 e. The molecule has 0 radical (unpaired) electrons. The number of aromatic nitrogens is 3. The average Bonchev–Trinajstić information content (AvgIpc) is 2.67. The number of nitrogens with one attached hydrogen (secondary N) is 1. The van der Waals surface area contributed by atoms with Crippen molar-refractivity contribution < 1.29 is 0 Å². The summed E-state index contributed by atoms with van der Waals surface area (Å²) in [7, 11) is 0. The van der Waals surface area contributed by atoms with Gasteiger partial charge < -0.3 is 0 Å². The zero-order valence-corrected chi connectivity index (χ0v) is 7.62. The van der Waals surface area contributed by atoms with Gasteiger partial charge in [-0.15, -0.1) is 11.6 Å². The van der Waals surface area contributed by atoms with Gasteiger partial charge in [-0.25, -0.2) is 0 Å². The van der Waals surface area contributed by atoms with Gasteiger partial charge in [0.2, 0.25) is 0 Å². The van der Waals surface area contributed by atoms with Crippen LogP contribution in [0.1, 0.15) is 5.56 Å². The van der Waals surface area contributed by atoms with Crippen LogP contribution in [0.2, 0.25) is 0 Å². The summed E-state index contributed by atoms with van der Waals surface area (Å²) in [6.45, 7) is 0. The van der Waals surface area contributed by atoms with E-state index in [0.717, 1.165) is 17.0 Å². The van der Waals surface area contributed by atoms with Crippen LogP contribution >= 0.6 is 11.6 Å². The molecule has 0 aliphatic carbocycles. The maximum absolute atomic E-state index is 5.74. The number of nitrogens with zero attached hydrogens (tertiary/aromatic N) is 2. The summed E-state index contributed by atoms with van der Waals surface area (Å²) in [6.07, 6.45) is 3.46. The smallest absolute Gasteiger partial charge is 0.0883 e. The molecule has 66 valence electrons. The summed E-state index contributed by atoms with van der Waals surface area (Å²) in [5, 5.41) is 6.80. The summed E-state index contributed by atoms with van der Waals surface area (Å²) in [5.41, 5.74) is 2.74. The lowest BCUT2D eigenvalue weighted by Crippen LogP contribution is -1.85. The van der Waals surface area contributed by atoms with Crippen LogP contribution in [0.25, 0.3) is 11.4 Å². The normalized spacial score (nSPS) is 10.2. The molecule has 0 atom stereocenters. The third-order valence-electron chi connectivity index (χ3n) is 1.78. The summed E-state index contributed by atoms with van der Waals surface area (Å²) in [4.78, 5) is 4.20. The highest BCUT2D eigenvalue weighted by Gasteiger charge is 2.06. The molecular formula is C9H8ClN3. The van der Waals surface area contributed by atoms with Crippen molar-refractivity contribution in [1.82, 2.24) is 15.2 Å². The SMILES string of the molecule is ClCc1cn[nH]c1-c1ccccn1. The van der Waals surface area contributed by atoms with Crippen LogP contribution in [0.5, 0.6) is 0 Å². The molecular weight excluding hydrogens is 186 g/mol. The van der Waals surface area contributed by atoms with E-state index < -0.39 is 0 Å². The van der Waals surface area contributed by atoms with Gasteiger partial charge in [0, 0.05) is 11.8 Å². The first kappa shape index (κ1) is 8.26. The Morgan fingerprint density at radius 2 is 2.31 bits per heavy atom. The first-order valence-corrected chi connectivity index (χ1v) is 4.45. The highest BCUT2D eigenvalue weighted by atomic mass is 35.5. The molecule has 0 aliphatic rings. The van der Waals surface area contributed by atoms with Crippen LogP contribution in [0.15, 0.2) is 30.6 Å². The van der Waals surface area contributed by atoms with E-state index in [9.17, 15) is 0 Å². The molecule has 0 saturated carbocycles. The highest BCUT2D eigenvalue weighted by Crippen LogP contribution is 2.19. The van der Waals surface area contributed by atoms with E-state index in [1.807, 2.05) is 18.2 Å². The molecule has 2 aromatic rings. The second-order valence-corrected chi connectivity index (χ2v) is 2.89. The van der Waals surface area contributed by atoms with Gasteiger partial charge in [0.15, 0.2) is 0 Å². The number of pyridine rings is 1. The molecule has 0 bridgehead atoms. The molecule has 0 aliphatic heterocycles. The zero-order chi connectivity index (χ0) is 9.10. The number of hydrogen-bond acceptors (Lipinski definition) is 2. The molecule has 0 fully saturated rings. The second kappa shape index (κ2) is 3.58. The monoisotopic (exact) mass is 193 g/mol. The molecule has 13 heavy (non-hydrogen) atoms. The number of alkyl halides is 1. The van der Waals surface area contributed by atoms with Gasteiger partial charge in [-0.05, 0) is 12.1 Å². The van der Waals surface area contributed by atoms with Crippen LogP contribution in [-0.4, -0.2) is 15.2 Å². The van der Waals surface area contributed by atoms with Gasteiger partial charge in [-0.2, -0.15) is 5.10 Å². The second-order valence-electron chi connectivity index (χ2n) is 2.62. The number of aromatic amines is 1. The van der Waals surface area contributed by atoms with Gasteiger partial charge in [0.25, 0.3) is 0 Å². The Hall–Kier alpha value is -1.35. The Bertz CT molecular complexity index is 383. The lowest BCUT2D eigenvalue weighted by atomic mass is 10.2. The Labute approximate surface area is 80.8 Å². The van der Waals surface area contributed by atoms with E-state index in [1.165, 1.54) is 0 Å². The topological polar surface area (TPSA) is 41.6 Å². The summed E-state index contributed by atoms with van der Waals surface area (Å²) in [6, 6.07) is 5.73. The Morgan fingerprint density at radius 1 is 1.38 bits per heavy atom. The minimum atomic E-state index is 0.447. The highest BCUT2D eigenvalue weighted by molar-refractivity contribution is 6.17. The molecule has 2 rings (SSSR count). The molecule has 0 aromatic carbocycles. The standard InChI is InChI=1S/C9H8ClN3/c10-5-7-6-12-13-9(7)8-3-1-2-4-11-8/h1-4,6H,5H2,(H,12,13). The fraction of sp³-hybridized carbons (Fsp3) is 0.111. The predicted octanol–water partition coefficient (Wildman–Crippen LogP) is 2.21. The lowest BCUT2D eigenvalue weighted by Gasteiger charge is -1.97. The van der Waals surface area contributed by atoms with E-state index in [1.54, 1.807) is 12.4 Å². The largest absolute Gasteiger partial charge is 0.276 e. The predicted molar refractivity (Wildman–Crippen MR) is 51.4 cm³/mol. The quantitative estimate of drug-likeness (QED) is 0.743. The molecule has 1 N–H and O–H groups in total. The zero-order valence-electron chi connectivity index (χ0n) is 6.87. The molecule has 4 heteroatoms. The maximum atomic E-state index is 5.74. The van der Waals surface area contributed by atoms with E-state index in [-0.39, 0.29) is 0 Å². The van der Waals surface area contributed by atoms with E-state index in [4.69, 9.17) is 11.6 Å². The fourth-order valence-corrected chi connectivity index (χ4v) is 1.35. The number of hydrogen-bond donors (Lipinski definition) is 1. The minimum Gasteiger partial charge on any atom is -0.276 e. The van der Waals surface area contributed by atoms with Crippen molar-refractivity contribution in [3.63, 3.8) is 0 Å². The van der Waals surface area contributed by atoms with Crippen molar-refractivity contribution in [2.75, 3.05) is 0 Å². The van der Waals surface area contributed by atoms with Gasteiger partial charge in [-0.1, -0.05) is 6.07 Å². The van der Waals surface area contributed by atoms with E-state index >= 15 is 0 Å². The van der Waals surface area contributed by atoms with Crippen molar-refractivity contribution in [2.45, 2.75) is 5.88 Å². The minimum absolute atomic E-state index is 0.447. The van der Waals surface area contributed by atoms with Crippen LogP contribution in [0, 0.1) is 0 Å². The van der Waals surface area contributed by atoms with E-state index in [2.05, 4.69) is 15.2 Å². The molecule has 0 spiro atoms. The molecule has 0 saturated heterocycles. The van der Waals surface area contributed by atoms with Crippen LogP contribution in [0.3, 0.4) is 0 Å². The van der Waals surface area contributed by atoms with Crippen molar-refractivity contribution in [1.29, 1.82) is 0 Å². The van der Waals surface area contributed by atoms with Crippen LogP contribution in [-0.2, 0) is 5.88 Å². The molecule has 0 amide bonds. The van der Waals surface area contributed by atoms with Crippen molar-refractivity contribution in [3.05, 3.63) is 36.2 Å². The Balaban J connectivity index is 2.47. The fourth-order valence-electron chi connectivity index (χ4n) is 1.14.